The highest BCUT2D eigenvalue weighted by Crippen LogP contribution is 2.16. The summed E-state index contributed by atoms with van der Waals surface area (Å²) in [7, 11) is 0. The number of nitrogens with zero attached hydrogens (tertiary/aromatic N) is 3. The van der Waals surface area contributed by atoms with Crippen molar-refractivity contribution in [3.8, 4) is 5.69 Å². The van der Waals surface area contributed by atoms with Crippen molar-refractivity contribution in [3.05, 3.63) is 41.7 Å². The average Bonchev–Trinajstić information content (AvgIpc) is 2.93. The fraction of sp³-hybridized carbons (Fsp3) is 0.357. The lowest BCUT2D eigenvalue weighted by atomic mass is 10.0. The van der Waals surface area contributed by atoms with Gasteiger partial charge in [-0.05, 0) is 23.6 Å². The first kappa shape index (κ1) is 14.2. The van der Waals surface area contributed by atoms with E-state index >= 15 is 0 Å². The number of carbonyl (C=O) groups excluding carboxylic acids is 1. The lowest BCUT2D eigenvalue weighted by Gasteiger charge is -2.06. The summed E-state index contributed by atoms with van der Waals surface area (Å²) in [4.78, 5) is 11.1. The molecule has 0 aliphatic heterocycles. The van der Waals surface area contributed by atoms with Crippen LogP contribution in [0.2, 0.25) is 0 Å². The van der Waals surface area contributed by atoms with Gasteiger partial charge < -0.3 is 11.1 Å². The molecule has 3 N–H and O–H groups in total. The van der Waals surface area contributed by atoms with Gasteiger partial charge in [0.2, 0.25) is 5.91 Å². The third-order valence-electron chi connectivity index (χ3n) is 3.02. The number of nitrogens with one attached hydrogen (secondary N) is 1. The molecular weight excluding hydrogens is 254 g/mol. The molecule has 1 aromatic heterocycles. The Bertz CT molecular complexity index is 574. The predicted molar refractivity (Wildman–Crippen MR) is 76.3 cm³/mol. The zero-order valence-corrected chi connectivity index (χ0v) is 11.7. The van der Waals surface area contributed by atoms with Crippen molar-refractivity contribution in [2.24, 2.45) is 5.73 Å². The van der Waals surface area contributed by atoms with Crippen molar-refractivity contribution in [2.45, 2.75) is 26.3 Å². The molecule has 1 amide bonds. The molecule has 106 valence electrons. The number of rotatable bonds is 5. The van der Waals surface area contributed by atoms with Crippen molar-refractivity contribution in [2.75, 3.05) is 6.54 Å². The molecule has 2 rings (SSSR count). The van der Waals surface area contributed by atoms with Gasteiger partial charge in [0.05, 0.1) is 25.0 Å². The largest absolute Gasteiger partial charge is 0.349 e. The maximum atomic E-state index is 11.1. The third kappa shape index (κ3) is 3.42. The quantitative estimate of drug-likeness (QED) is 0.849. The number of nitrogens with two attached hydrogens (primary N) is 1. The van der Waals surface area contributed by atoms with Crippen LogP contribution >= 0.6 is 0 Å². The van der Waals surface area contributed by atoms with Gasteiger partial charge in [-0.3, -0.25) is 4.79 Å². The zero-order chi connectivity index (χ0) is 14.5. The molecule has 0 spiro atoms. The minimum Gasteiger partial charge on any atom is -0.349 e. The van der Waals surface area contributed by atoms with Gasteiger partial charge in [-0.15, -0.1) is 5.10 Å². The monoisotopic (exact) mass is 273 g/mol. The van der Waals surface area contributed by atoms with Crippen LogP contribution in [-0.4, -0.2) is 27.4 Å². The molecule has 0 aliphatic rings. The number of hydrogen-bond donors (Lipinski definition) is 2. The van der Waals surface area contributed by atoms with Crippen LogP contribution in [0.5, 0.6) is 0 Å². The zero-order valence-electron chi connectivity index (χ0n) is 11.7. The summed E-state index contributed by atoms with van der Waals surface area (Å²) in [5.41, 5.74) is 8.14. The molecular formula is C14H19N5O. The second kappa shape index (κ2) is 6.29. The van der Waals surface area contributed by atoms with Gasteiger partial charge in [-0.2, -0.15) is 0 Å². The molecule has 0 fully saturated rings. The number of hydrogen-bond acceptors (Lipinski definition) is 4. The van der Waals surface area contributed by atoms with Crippen molar-refractivity contribution in [1.29, 1.82) is 0 Å². The minimum atomic E-state index is -0.208. The summed E-state index contributed by atoms with van der Waals surface area (Å²) in [5, 5.41) is 10.7. The Kier molecular flexibility index (Phi) is 4.47. The fourth-order valence-corrected chi connectivity index (χ4v) is 1.78. The van der Waals surface area contributed by atoms with Crippen molar-refractivity contribution >= 4 is 5.91 Å². The van der Waals surface area contributed by atoms with Gasteiger partial charge in [0, 0.05) is 0 Å². The van der Waals surface area contributed by atoms with E-state index in [0.29, 0.717) is 18.2 Å². The van der Waals surface area contributed by atoms with E-state index in [-0.39, 0.29) is 12.5 Å². The number of amides is 1. The topological polar surface area (TPSA) is 85.8 Å². The van der Waals surface area contributed by atoms with E-state index < -0.39 is 0 Å². The average molecular weight is 273 g/mol. The Morgan fingerprint density at radius 3 is 2.65 bits per heavy atom. The van der Waals surface area contributed by atoms with Crippen molar-refractivity contribution in [1.82, 2.24) is 20.3 Å². The van der Waals surface area contributed by atoms with Gasteiger partial charge in [-0.1, -0.05) is 31.2 Å². The summed E-state index contributed by atoms with van der Waals surface area (Å²) in [6.45, 7) is 4.62. The lowest BCUT2D eigenvalue weighted by Crippen LogP contribution is -2.29. The van der Waals surface area contributed by atoms with Crippen LogP contribution in [0.1, 0.15) is 31.0 Å². The normalized spacial score (nSPS) is 10.8. The van der Waals surface area contributed by atoms with E-state index in [4.69, 9.17) is 5.73 Å². The van der Waals surface area contributed by atoms with Gasteiger partial charge >= 0.3 is 0 Å². The second-order valence-electron chi connectivity index (χ2n) is 4.88. The maximum Gasteiger partial charge on any atom is 0.234 e. The minimum absolute atomic E-state index is 0.0230. The Morgan fingerprint density at radius 2 is 2.05 bits per heavy atom. The molecule has 6 nitrogen and oxygen atoms in total. The van der Waals surface area contributed by atoms with E-state index in [1.165, 1.54) is 5.56 Å². The second-order valence-corrected chi connectivity index (χ2v) is 4.88. The molecule has 0 bridgehead atoms. The number of aromatic nitrogens is 3. The highest BCUT2D eigenvalue weighted by molar-refractivity contribution is 5.77. The third-order valence-corrected chi connectivity index (χ3v) is 3.02. The number of carbonyl (C=O) groups is 1. The Labute approximate surface area is 118 Å². The fourth-order valence-electron chi connectivity index (χ4n) is 1.78. The van der Waals surface area contributed by atoms with E-state index in [9.17, 15) is 4.79 Å². The standard InChI is InChI=1S/C14H19N5O/c1-10(2)11-3-5-13(6-4-11)19-9-12(17-18-19)8-16-14(20)7-15/h3-6,9-10H,7-8,15H2,1-2H3,(H,16,20). The molecule has 0 atom stereocenters. The molecule has 0 saturated carbocycles. The first-order valence-corrected chi connectivity index (χ1v) is 6.58. The highest BCUT2D eigenvalue weighted by Gasteiger charge is 2.05. The molecule has 2 aromatic rings. The molecule has 0 radical (unpaired) electrons. The summed E-state index contributed by atoms with van der Waals surface area (Å²) < 4.78 is 1.69. The lowest BCUT2D eigenvalue weighted by molar-refractivity contribution is -0.119. The van der Waals surface area contributed by atoms with Crippen molar-refractivity contribution < 1.29 is 4.79 Å². The van der Waals surface area contributed by atoms with E-state index in [2.05, 4.69) is 41.6 Å². The summed E-state index contributed by atoms with van der Waals surface area (Å²) in [6.07, 6.45) is 1.79. The highest BCUT2D eigenvalue weighted by atomic mass is 16.1. The van der Waals surface area contributed by atoms with Gasteiger partial charge in [0.1, 0.15) is 5.69 Å². The van der Waals surface area contributed by atoms with Crippen LogP contribution in [0.25, 0.3) is 5.69 Å². The van der Waals surface area contributed by atoms with Crippen LogP contribution in [-0.2, 0) is 11.3 Å². The van der Waals surface area contributed by atoms with Crippen LogP contribution < -0.4 is 11.1 Å². The van der Waals surface area contributed by atoms with Gasteiger partial charge in [0.25, 0.3) is 0 Å². The Balaban J connectivity index is 2.06. The van der Waals surface area contributed by atoms with Crippen LogP contribution in [0.3, 0.4) is 0 Å². The van der Waals surface area contributed by atoms with Gasteiger partial charge in [-0.25, -0.2) is 4.68 Å². The summed E-state index contributed by atoms with van der Waals surface area (Å²) >= 11 is 0. The molecule has 0 unspecified atom stereocenters. The summed E-state index contributed by atoms with van der Waals surface area (Å²) in [6, 6.07) is 8.17. The van der Waals surface area contributed by atoms with E-state index in [0.717, 1.165) is 5.69 Å². The first-order chi connectivity index (χ1) is 9.60. The Hall–Kier alpha value is -2.21. The number of benzene rings is 1. The molecule has 1 aromatic carbocycles. The molecule has 1 heterocycles. The van der Waals surface area contributed by atoms with Gasteiger partial charge in [0.15, 0.2) is 0 Å². The summed E-state index contributed by atoms with van der Waals surface area (Å²) in [5.74, 6) is 0.294. The molecule has 0 saturated heterocycles. The van der Waals surface area contributed by atoms with Crippen LogP contribution in [0, 0.1) is 0 Å². The van der Waals surface area contributed by atoms with Crippen LogP contribution in [0.15, 0.2) is 30.5 Å². The molecule has 6 heteroatoms. The predicted octanol–water partition coefficient (Wildman–Crippen LogP) is 0.966. The SMILES string of the molecule is CC(C)c1ccc(-n2cc(CNC(=O)CN)nn2)cc1. The molecule has 0 aliphatic carbocycles. The van der Waals surface area contributed by atoms with E-state index in [1.54, 1.807) is 10.9 Å². The maximum absolute atomic E-state index is 11.1. The Morgan fingerprint density at radius 1 is 1.35 bits per heavy atom. The smallest absolute Gasteiger partial charge is 0.234 e. The van der Waals surface area contributed by atoms with Crippen molar-refractivity contribution in [3.63, 3.8) is 0 Å². The van der Waals surface area contributed by atoms with Crippen LogP contribution in [0.4, 0.5) is 0 Å². The first-order valence-electron chi connectivity index (χ1n) is 6.58. The molecule has 20 heavy (non-hydrogen) atoms. The van der Waals surface area contributed by atoms with E-state index in [1.807, 2.05) is 12.1 Å².